The van der Waals surface area contributed by atoms with Crippen molar-refractivity contribution in [3.8, 4) is 0 Å². The van der Waals surface area contributed by atoms with Crippen LogP contribution >= 0.6 is 15.9 Å². The van der Waals surface area contributed by atoms with Crippen LogP contribution in [0.1, 0.15) is 69.9 Å². The van der Waals surface area contributed by atoms with Gasteiger partial charge in [-0.15, -0.1) is 0 Å². The Bertz CT molecular complexity index is 500. The molecule has 1 atom stereocenters. The highest BCUT2D eigenvalue weighted by Crippen LogP contribution is 2.17. The monoisotopic (exact) mass is 413 g/mol. The fourth-order valence-electron chi connectivity index (χ4n) is 2.30. The number of carbonyl (C=O) groups excluding carboxylic acids is 1. The average molecular weight is 414 g/mol. The Kier molecular flexibility index (Phi) is 13.1. The molecule has 0 spiro atoms. The van der Waals surface area contributed by atoms with E-state index in [1.165, 1.54) is 18.4 Å². The number of primary amides is 1. The van der Waals surface area contributed by atoms with Crippen molar-refractivity contribution in [2.45, 2.75) is 65.2 Å². The number of benzene rings is 1. The van der Waals surface area contributed by atoms with Gasteiger partial charge in [-0.1, -0.05) is 66.9 Å². The van der Waals surface area contributed by atoms with Gasteiger partial charge in [-0.2, -0.15) is 0 Å². The molecular formula is C20H32BrNO3. The number of carboxylic acids is 1. The predicted molar refractivity (Wildman–Crippen MR) is 107 cm³/mol. The molecule has 1 unspecified atom stereocenters. The molecule has 1 aromatic carbocycles. The molecule has 5 heteroatoms. The lowest BCUT2D eigenvalue weighted by molar-refractivity contribution is -0.138. The zero-order valence-electron chi connectivity index (χ0n) is 15.6. The van der Waals surface area contributed by atoms with E-state index in [4.69, 9.17) is 10.8 Å². The first kappa shape index (κ1) is 23.6. The van der Waals surface area contributed by atoms with Crippen molar-refractivity contribution >= 4 is 27.8 Å². The summed E-state index contributed by atoms with van der Waals surface area (Å²) in [5.74, 6) is -0.740. The van der Waals surface area contributed by atoms with Crippen LogP contribution in [0.25, 0.3) is 0 Å². The van der Waals surface area contributed by atoms with Crippen molar-refractivity contribution in [1.29, 1.82) is 0 Å². The van der Waals surface area contributed by atoms with Gasteiger partial charge < -0.3 is 10.8 Å². The van der Waals surface area contributed by atoms with E-state index < -0.39 is 11.9 Å². The summed E-state index contributed by atoms with van der Waals surface area (Å²) >= 11 is 3.34. The Labute approximate surface area is 160 Å². The molecule has 0 aliphatic rings. The zero-order chi connectivity index (χ0) is 19.2. The Morgan fingerprint density at radius 1 is 1.04 bits per heavy atom. The van der Waals surface area contributed by atoms with E-state index in [0.29, 0.717) is 12.3 Å². The standard InChI is InChI=1S/C13H18O2.C7H14BrNO/c1-9(2)8-11-4-6-12(7-5-11)10(3)13(14)15;8-6-4-2-1-3-5-7(9)10/h4-7,9-10H,8H2,1-3H3,(H,14,15);1-6H2,(H2,9,10). The fourth-order valence-corrected chi connectivity index (χ4v) is 2.70. The van der Waals surface area contributed by atoms with Gasteiger partial charge in [0.25, 0.3) is 0 Å². The van der Waals surface area contributed by atoms with Crippen LogP contribution in [0.3, 0.4) is 0 Å². The summed E-state index contributed by atoms with van der Waals surface area (Å²) in [4.78, 5) is 21.0. The predicted octanol–water partition coefficient (Wildman–Crippen LogP) is 4.89. The van der Waals surface area contributed by atoms with Crippen LogP contribution in [0.4, 0.5) is 0 Å². The minimum atomic E-state index is -0.772. The molecule has 1 aromatic rings. The normalized spacial score (nSPS) is 11.6. The number of hydrogen-bond donors (Lipinski definition) is 2. The maximum absolute atomic E-state index is 10.8. The van der Waals surface area contributed by atoms with Gasteiger partial charge in [-0.25, -0.2) is 0 Å². The minimum Gasteiger partial charge on any atom is -0.481 e. The van der Waals surface area contributed by atoms with Gasteiger partial charge in [0.05, 0.1) is 5.92 Å². The van der Waals surface area contributed by atoms with Gasteiger partial charge in [-0.3, -0.25) is 9.59 Å². The van der Waals surface area contributed by atoms with Gasteiger partial charge >= 0.3 is 5.97 Å². The molecule has 3 N–H and O–H groups in total. The van der Waals surface area contributed by atoms with E-state index in [1.54, 1.807) is 6.92 Å². The topological polar surface area (TPSA) is 80.4 Å². The van der Waals surface area contributed by atoms with Gasteiger partial charge in [-0.05, 0) is 43.2 Å². The van der Waals surface area contributed by atoms with Crippen molar-refractivity contribution in [1.82, 2.24) is 0 Å². The highest BCUT2D eigenvalue weighted by Gasteiger charge is 2.12. The van der Waals surface area contributed by atoms with Crippen LogP contribution in [0.2, 0.25) is 0 Å². The highest BCUT2D eigenvalue weighted by atomic mass is 79.9. The van der Waals surface area contributed by atoms with E-state index in [0.717, 1.165) is 30.2 Å². The summed E-state index contributed by atoms with van der Waals surface area (Å²) in [5.41, 5.74) is 7.10. The first-order chi connectivity index (χ1) is 11.8. The number of nitrogens with two attached hydrogens (primary N) is 1. The number of carboxylic acid groups (broad SMARTS) is 1. The Morgan fingerprint density at radius 3 is 2.04 bits per heavy atom. The Balaban J connectivity index is 0.000000504. The zero-order valence-corrected chi connectivity index (χ0v) is 17.2. The van der Waals surface area contributed by atoms with Crippen LogP contribution in [0, 0.1) is 5.92 Å². The van der Waals surface area contributed by atoms with Crippen LogP contribution < -0.4 is 5.73 Å². The number of rotatable bonds is 10. The van der Waals surface area contributed by atoms with Crippen LogP contribution in [0.5, 0.6) is 0 Å². The van der Waals surface area contributed by atoms with Crippen molar-refractivity contribution in [2.75, 3.05) is 5.33 Å². The average Bonchev–Trinajstić information content (AvgIpc) is 2.54. The summed E-state index contributed by atoms with van der Waals surface area (Å²) in [6.07, 6.45) is 6.04. The second-order valence-electron chi connectivity index (χ2n) is 6.72. The third-order valence-corrected chi connectivity index (χ3v) is 4.36. The van der Waals surface area contributed by atoms with Crippen LogP contribution in [-0.4, -0.2) is 22.3 Å². The van der Waals surface area contributed by atoms with E-state index in [1.807, 2.05) is 24.3 Å². The molecule has 0 saturated carbocycles. The highest BCUT2D eigenvalue weighted by molar-refractivity contribution is 9.09. The molecule has 0 saturated heterocycles. The first-order valence-electron chi connectivity index (χ1n) is 8.93. The maximum Gasteiger partial charge on any atom is 0.310 e. The van der Waals surface area contributed by atoms with Crippen LogP contribution in [0.15, 0.2) is 24.3 Å². The number of amides is 1. The van der Waals surface area contributed by atoms with Gasteiger partial charge in [0.15, 0.2) is 0 Å². The van der Waals surface area contributed by atoms with Crippen LogP contribution in [-0.2, 0) is 16.0 Å². The smallest absolute Gasteiger partial charge is 0.310 e. The van der Waals surface area contributed by atoms with Crippen molar-refractivity contribution < 1.29 is 14.7 Å². The van der Waals surface area contributed by atoms with Gasteiger partial charge in [0.1, 0.15) is 0 Å². The van der Waals surface area contributed by atoms with Gasteiger partial charge in [0, 0.05) is 11.8 Å². The molecule has 0 radical (unpaired) electrons. The minimum absolute atomic E-state index is 0.182. The lowest BCUT2D eigenvalue weighted by atomic mass is 9.97. The number of unbranched alkanes of at least 4 members (excludes halogenated alkanes) is 3. The largest absolute Gasteiger partial charge is 0.481 e. The van der Waals surface area contributed by atoms with Crippen molar-refractivity contribution in [3.63, 3.8) is 0 Å². The number of carbonyl (C=O) groups is 2. The van der Waals surface area contributed by atoms with Crippen molar-refractivity contribution in [2.24, 2.45) is 11.7 Å². The quantitative estimate of drug-likeness (QED) is 0.423. The SMILES string of the molecule is CC(C)Cc1ccc(C(C)C(=O)O)cc1.NC(=O)CCCCCCBr. The molecule has 4 nitrogen and oxygen atoms in total. The summed E-state index contributed by atoms with van der Waals surface area (Å²) in [7, 11) is 0. The third-order valence-electron chi connectivity index (χ3n) is 3.80. The maximum atomic E-state index is 10.8. The third kappa shape index (κ3) is 12.6. The summed E-state index contributed by atoms with van der Waals surface area (Å²) in [6, 6.07) is 7.87. The van der Waals surface area contributed by atoms with E-state index in [9.17, 15) is 9.59 Å². The van der Waals surface area contributed by atoms with E-state index in [2.05, 4.69) is 29.8 Å². The molecule has 0 fully saturated rings. The number of aliphatic carboxylic acids is 1. The van der Waals surface area contributed by atoms with E-state index >= 15 is 0 Å². The molecular weight excluding hydrogens is 382 g/mol. The molecule has 1 amide bonds. The summed E-state index contributed by atoms with van der Waals surface area (Å²) in [5, 5.41) is 9.91. The Morgan fingerprint density at radius 2 is 1.60 bits per heavy atom. The fraction of sp³-hybridized carbons (Fsp3) is 0.600. The van der Waals surface area contributed by atoms with Crippen molar-refractivity contribution in [3.05, 3.63) is 35.4 Å². The number of halogens is 1. The summed E-state index contributed by atoms with van der Waals surface area (Å²) < 4.78 is 0. The number of alkyl halides is 1. The molecule has 0 aromatic heterocycles. The second-order valence-corrected chi connectivity index (χ2v) is 7.51. The van der Waals surface area contributed by atoms with E-state index in [-0.39, 0.29) is 5.91 Å². The first-order valence-corrected chi connectivity index (χ1v) is 10.1. The summed E-state index contributed by atoms with van der Waals surface area (Å²) in [6.45, 7) is 6.06. The molecule has 0 aliphatic heterocycles. The number of hydrogen-bond acceptors (Lipinski definition) is 2. The molecule has 142 valence electrons. The molecule has 0 heterocycles. The second kappa shape index (κ2) is 13.9. The molecule has 0 aliphatic carbocycles. The molecule has 0 bridgehead atoms. The van der Waals surface area contributed by atoms with Gasteiger partial charge in [0.2, 0.25) is 5.91 Å². The molecule has 1 rings (SSSR count). The molecule has 25 heavy (non-hydrogen) atoms. The Hall–Kier alpha value is -1.36. The lowest BCUT2D eigenvalue weighted by Gasteiger charge is -2.09. The lowest BCUT2D eigenvalue weighted by Crippen LogP contribution is -2.09.